The van der Waals surface area contributed by atoms with Crippen LogP contribution in [0.2, 0.25) is 0 Å². The molecular weight excluding hydrogens is 436 g/mol. The molecule has 0 aromatic heterocycles. The molecule has 0 spiro atoms. The van der Waals surface area contributed by atoms with Crippen LogP contribution in [0.3, 0.4) is 0 Å². The van der Waals surface area contributed by atoms with Crippen LogP contribution >= 0.6 is 0 Å². The van der Waals surface area contributed by atoms with Crippen LogP contribution in [0, 0.1) is 0 Å². The van der Waals surface area contributed by atoms with Crippen molar-refractivity contribution in [1.29, 1.82) is 0 Å². The zero-order valence-corrected chi connectivity index (χ0v) is 18.6. The van der Waals surface area contributed by atoms with Gasteiger partial charge in [-0.15, -0.1) is 0 Å². The normalized spacial score (nSPS) is 20.8. The Balaban J connectivity index is 1.29. The number of carbonyl (C=O) groups is 4. The molecule has 0 aliphatic carbocycles. The lowest BCUT2D eigenvalue weighted by atomic mass is 10.0. The first-order chi connectivity index (χ1) is 16.5. The Morgan fingerprint density at radius 2 is 1.71 bits per heavy atom. The van der Waals surface area contributed by atoms with Crippen molar-refractivity contribution in [3.8, 4) is 5.75 Å². The van der Waals surface area contributed by atoms with E-state index < -0.39 is 29.7 Å². The number of rotatable bonds is 6. The lowest BCUT2D eigenvalue weighted by Crippen LogP contribution is -2.54. The maximum absolute atomic E-state index is 13.0. The molecule has 2 aromatic carbocycles. The highest BCUT2D eigenvalue weighted by Gasteiger charge is 2.44. The highest BCUT2D eigenvalue weighted by molar-refractivity contribution is 6.23. The van der Waals surface area contributed by atoms with Gasteiger partial charge in [0, 0.05) is 13.0 Å². The van der Waals surface area contributed by atoms with Crippen molar-refractivity contribution in [2.45, 2.75) is 44.4 Å². The third kappa shape index (κ3) is 4.26. The smallest absolute Gasteiger partial charge is 0.262 e. The lowest BCUT2D eigenvalue weighted by Gasteiger charge is -2.27. The van der Waals surface area contributed by atoms with Crippen molar-refractivity contribution in [2.75, 3.05) is 18.4 Å². The van der Waals surface area contributed by atoms with E-state index in [2.05, 4.69) is 16.0 Å². The minimum atomic E-state index is -0.967. The molecule has 1 unspecified atom stereocenters. The van der Waals surface area contributed by atoms with Crippen molar-refractivity contribution in [3.63, 3.8) is 0 Å². The van der Waals surface area contributed by atoms with Crippen molar-refractivity contribution in [1.82, 2.24) is 15.5 Å². The van der Waals surface area contributed by atoms with Crippen LogP contribution in [0.5, 0.6) is 5.75 Å². The lowest BCUT2D eigenvalue weighted by molar-refractivity contribution is -0.136. The molecule has 176 valence electrons. The molecule has 1 atom stereocenters. The predicted octanol–water partition coefficient (Wildman–Crippen LogP) is 1.83. The molecule has 0 saturated carbocycles. The molecule has 3 N–H and O–H groups in total. The number of amides is 4. The molecule has 5 rings (SSSR count). The van der Waals surface area contributed by atoms with Gasteiger partial charge in [-0.3, -0.25) is 29.4 Å². The zero-order chi connectivity index (χ0) is 23.7. The predicted molar refractivity (Wildman–Crippen MR) is 123 cm³/mol. The fourth-order valence-electron chi connectivity index (χ4n) is 4.63. The topological polar surface area (TPSA) is 117 Å². The summed E-state index contributed by atoms with van der Waals surface area (Å²) in [6, 6.07) is 11.9. The first-order valence-electron chi connectivity index (χ1n) is 11.6. The van der Waals surface area contributed by atoms with E-state index in [1.54, 1.807) is 18.2 Å². The summed E-state index contributed by atoms with van der Waals surface area (Å²) in [5.41, 5.74) is 2.22. The molecule has 3 heterocycles. The summed E-state index contributed by atoms with van der Waals surface area (Å²) in [7, 11) is 0. The average molecular weight is 463 g/mol. The van der Waals surface area contributed by atoms with E-state index in [4.69, 9.17) is 4.74 Å². The Kier molecular flexibility index (Phi) is 6.02. The number of hydrogen-bond acceptors (Lipinski definition) is 7. The van der Waals surface area contributed by atoms with E-state index in [0.717, 1.165) is 47.8 Å². The van der Waals surface area contributed by atoms with Crippen LogP contribution in [-0.2, 0) is 16.1 Å². The number of nitrogens with zero attached hydrogens (tertiary/aromatic N) is 1. The molecule has 9 nitrogen and oxygen atoms in total. The Bertz CT molecular complexity index is 1160. The number of benzene rings is 2. The van der Waals surface area contributed by atoms with Crippen LogP contribution in [0.1, 0.15) is 52.0 Å². The summed E-state index contributed by atoms with van der Waals surface area (Å²) in [5.74, 6) is -1.24. The quantitative estimate of drug-likeness (QED) is 0.561. The van der Waals surface area contributed by atoms with Gasteiger partial charge < -0.3 is 15.4 Å². The number of carbonyl (C=O) groups excluding carboxylic acids is 4. The Labute approximate surface area is 196 Å². The molecular formula is C25H26N4O5. The van der Waals surface area contributed by atoms with Crippen molar-refractivity contribution in [3.05, 3.63) is 59.2 Å². The molecule has 0 radical (unpaired) electrons. The van der Waals surface area contributed by atoms with E-state index in [1.165, 1.54) is 0 Å². The molecule has 9 heteroatoms. The van der Waals surface area contributed by atoms with Crippen molar-refractivity contribution >= 4 is 29.3 Å². The first kappa shape index (κ1) is 22.1. The molecule has 3 aliphatic rings. The molecule has 2 aromatic rings. The van der Waals surface area contributed by atoms with Gasteiger partial charge in [-0.2, -0.15) is 0 Å². The minimum Gasteiger partial charge on any atom is -0.488 e. The highest BCUT2D eigenvalue weighted by Crippen LogP contribution is 2.30. The molecule has 2 fully saturated rings. The van der Waals surface area contributed by atoms with Crippen LogP contribution in [0.4, 0.5) is 5.69 Å². The summed E-state index contributed by atoms with van der Waals surface area (Å²) in [6.07, 6.45) is 2.32. The second-order valence-electron chi connectivity index (χ2n) is 8.74. The van der Waals surface area contributed by atoms with Gasteiger partial charge in [-0.25, -0.2) is 0 Å². The van der Waals surface area contributed by atoms with E-state index >= 15 is 0 Å². The maximum Gasteiger partial charge on any atom is 0.262 e. The number of anilines is 1. The summed E-state index contributed by atoms with van der Waals surface area (Å²) < 4.78 is 6.21. The monoisotopic (exact) mass is 462 g/mol. The third-order valence-corrected chi connectivity index (χ3v) is 6.45. The van der Waals surface area contributed by atoms with Gasteiger partial charge in [0.25, 0.3) is 11.8 Å². The maximum atomic E-state index is 13.0. The summed E-state index contributed by atoms with van der Waals surface area (Å²) in [4.78, 5) is 50.5. The number of hydrogen-bond donors (Lipinski definition) is 3. The van der Waals surface area contributed by atoms with Gasteiger partial charge in [-0.05, 0) is 62.2 Å². The molecule has 0 bridgehead atoms. The SMILES string of the molecule is O=C1CCC(N2C(=O)c3ccc(CNc4ccccc4OC4CCNCC4)cc3C2=O)C(=O)N1. The van der Waals surface area contributed by atoms with Gasteiger partial charge >= 0.3 is 0 Å². The summed E-state index contributed by atoms with van der Waals surface area (Å²) in [6.45, 7) is 2.32. The zero-order valence-electron chi connectivity index (χ0n) is 18.6. The van der Waals surface area contributed by atoms with Gasteiger partial charge in [0.05, 0.1) is 16.8 Å². The number of nitrogens with one attached hydrogen (secondary N) is 3. The first-order valence-corrected chi connectivity index (χ1v) is 11.6. The summed E-state index contributed by atoms with van der Waals surface area (Å²) in [5, 5.41) is 8.91. The molecule has 34 heavy (non-hydrogen) atoms. The van der Waals surface area contributed by atoms with E-state index in [9.17, 15) is 19.2 Å². The van der Waals surface area contributed by atoms with Gasteiger partial charge in [0.2, 0.25) is 11.8 Å². The fourth-order valence-corrected chi connectivity index (χ4v) is 4.63. The fraction of sp³-hybridized carbons (Fsp3) is 0.360. The number of piperidine rings is 2. The number of para-hydroxylation sites is 2. The van der Waals surface area contributed by atoms with E-state index in [1.807, 2.05) is 24.3 Å². The highest BCUT2D eigenvalue weighted by atomic mass is 16.5. The largest absolute Gasteiger partial charge is 0.488 e. The number of fused-ring (bicyclic) bond motifs is 1. The Morgan fingerprint density at radius 1 is 0.941 bits per heavy atom. The molecule has 4 amide bonds. The van der Waals surface area contributed by atoms with Crippen molar-refractivity contribution < 1.29 is 23.9 Å². The molecule has 2 saturated heterocycles. The number of imide groups is 2. The van der Waals surface area contributed by atoms with Gasteiger partial charge in [0.1, 0.15) is 17.9 Å². The minimum absolute atomic E-state index is 0.0951. The van der Waals surface area contributed by atoms with Crippen LogP contribution in [-0.4, -0.2) is 53.8 Å². The van der Waals surface area contributed by atoms with Crippen LogP contribution < -0.4 is 20.7 Å². The van der Waals surface area contributed by atoms with E-state index in [0.29, 0.717) is 6.54 Å². The standard InChI is InChI=1S/C25H26N4O5/c30-22-8-7-20(23(31)28-22)29-24(32)17-6-5-15(13-18(17)25(29)33)14-27-19-3-1-2-4-21(19)34-16-9-11-26-12-10-16/h1-6,13,16,20,26-27H,7-12,14H2,(H,28,30,31). The molecule has 3 aliphatic heterocycles. The number of ether oxygens (including phenoxy) is 1. The second-order valence-corrected chi connectivity index (χ2v) is 8.74. The second kappa shape index (κ2) is 9.26. The third-order valence-electron chi connectivity index (χ3n) is 6.45. The summed E-state index contributed by atoms with van der Waals surface area (Å²) >= 11 is 0. The van der Waals surface area contributed by atoms with Crippen molar-refractivity contribution in [2.24, 2.45) is 0 Å². The van der Waals surface area contributed by atoms with E-state index in [-0.39, 0.29) is 30.1 Å². The Hall–Kier alpha value is -3.72. The van der Waals surface area contributed by atoms with Crippen LogP contribution in [0.25, 0.3) is 0 Å². The van der Waals surface area contributed by atoms with Gasteiger partial charge in [-0.1, -0.05) is 18.2 Å². The Morgan fingerprint density at radius 3 is 2.50 bits per heavy atom. The average Bonchev–Trinajstić information content (AvgIpc) is 3.09. The van der Waals surface area contributed by atoms with Gasteiger partial charge in [0.15, 0.2) is 0 Å². The van der Waals surface area contributed by atoms with Crippen LogP contribution in [0.15, 0.2) is 42.5 Å².